The molecule has 0 atom stereocenters. The standard InChI is InChI=1S/C34H27NO6S/c1-41-31-18-16-26(19-32(31)42(38,39)40)29-20-30(24-11-13-25(14-12-24)34(36)37)35(21-22-7-3-2-4-8-22)33-27-10-6-5-9-23(27)15-17-28(29)33/h2-14,16,18-20H,15,17,21H2,1H3,(H-,36,37,38,39,40)/p+1. The Morgan fingerprint density at radius 3 is 2.21 bits per heavy atom. The molecule has 42 heavy (non-hydrogen) atoms. The average Bonchev–Trinajstić information content (AvgIpc) is 3.00. The molecule has 1 aliphatic rings. The number of fused-ring (bicyclic) bond motifs is 3. The van der Waals surface area contributed by atoms with E-state index in [1.54, 1.807) is 36.4 Å². The van der Waals surface area contributed by atoms with Crippen molar-refractivity contribution in [2.75, 3.05) is 7.11 Å². The zero-order chi connectivity index (χ0) is 29.4. The molecular weight excluding hydrogens is 550 g/mol. The fourth-order valence-corrected chi connectivity index (χ4v) is 6.44. The van der Waals surface area contributed by atoms with E-state index >= 15 is 0 Å². The number of carbonyl (C=O) groups is 1. The first-order chi connectivity index (χ1) is 20.2. The minimum absolute atomic E-state index is 0.0556. The van der Waals surface area contributed by atoms with Crippen molar-refractivity contribution < 1.29 is 32.2 Å². The summed E-state index contributed by atoms with van der Waals surface area (Å²) < 4.78 is 42.1. The molecule has 7 nitrogen and oxygen atoms in total. The first-order valence-corrected chi connectivity index (χ1v) is 14.9. The molecule has 2 N–H and O–H groups in total. The van der Waals surface area contributed by atoms with Gasteiger partial charge >= 0.3 is 5.97 Å². The molecular formula is C34H28NO6S+. The molecule has 1 aromatic heterocycles. The Kier molecular flexibility index (Phi) is 7.10. The highest BCUT2D eigenvalue weighted by Crippen LogP contribution is 2.41. The van der Waals surface area contributed by atoms with E-state index in [4.69, 9.17) is 4.74 Å². The number of pyridine rings is 1. The molecule has 5 aromatic rings. The van der Waals surface area contributed by atoms with Crippen molar-refractivity contribution in [3.63, 3.8) is 0 Å². The fraction of sp³-hybridized carbons (Fsp3) is 0.118. The molecule has 0 radical (unpaired) electrons. The summed E-state index contributed by atoms with van der Waals surface area (Å²) >= 11 is 0. The third kappa shape index (κ3) is 5.06. The lowest BCUT2D eigenvalue weighted by Crippen LogP contribution is -2.41. The number of rotatable bonds is 7. The molecule has 0 amide bonds. The summed E-state index contributed by atoms with van der Waals surface area (Å²) in [6.07, 6.45) is 1.54. The van der Waals surface area contributed by atoms with Gasteiger partial charge in [-0.2, -0.15) is 13.0 Å². The summed E-state index contributed by atoms with van der Waals surface area (Å²) in [5, 5.41) is 9.51. The van der Waals surface area contributed by atoms with Crippen LogP contribution in [0, 0.1) is 0 Å². The minimum Gasteiger partial charge on any atom is -0.495 e. The maximum Gasteiger partial charge on any atom is 0.335 e. The maximum absolute atomic E-state index is 12.3. The van der Waals surface area contributed by atoms with E-state index < -0.39 is 16.1 Å². The van der Waals surface area contributed by atoms with Crippen molar-refractivity contribution >= 4 is 16.1 Å². The van der Waals surface area contributed by atoms with Crippen LogP contribution in [0.1, 0.15) is 27.0 Å². The number of carboxylic acids is 1. The van der Waals surface area contributed by atoms with Crippen LogP contribution in [0.5, 0.6) is 5.75 Å². The van der Waals surface area contributed by atoms with E-state index in [-0.39, 0.29) is 16.2 Å². The number of nitrogens with zero attached hydrogens (tertiary/aromatic N) is 1. The maximum atomic E-state index is 12.3. The Hall–Kier alpha value is -4.79. The van der Waals surface area contributed by atoms with E-state index in [0.717, 1.165) is 52.0 Å². The molecule has 0 saturated carbocycles. The van der Waals surface area contributed by atoms with Crippen LogP contribution in [0.25, 0.3) is 33.6 Å². The van der Waals surface area contributed by atoms with Gasteiger partial charge in [0.05, 0.1) is 12.7 Å². The molecule has 8 heteroatoms. The fourth-order valence-electron chi connectivity index (χ4n) is 5.76. The van der Waals surface area contributed by atoms with Gasteiger partial charge in [0.15, 0.2) is 6.54 Å². The van der Waals surface area contributed by atoms with Gasteiger partial charge in [0.2, 0.25) is 11.4 Å². The molecule has 0 saturated heterocycles. The lowest BCUT2D eigenvalue weighted by molar-refractivity contribution is -0.667. The molecule has 1 heterocycles. The lowest BCUT2D eigenvalue weighted by atomic mass is 9.83. The van der Waals surface area contributed by atoms with Crippen LogP contribution >= 0.6 is 0 Å². The van der Waals surface area contributed by atoms with Crippen LogP contribution in [-0.2, 0) is 29.5 Å². The molecule has 0 bridgehead atoms. The topological polar surface area (TPSA) is 105 Å². The van der Waals surface area contributed by atoms with Gasteiger partial charge in [0.25, 0.3) is 10.1 Å². The highest BCUT2D eigenvalue weighted by molar-refractivity contribution is 7.86. The summed E-state index contributed by atoms with van der Waals surface area (Å²) in [6.45, 7) is 0.562. The van der Waals surface area contributed by atoms with Crippen LogP contribution in [0.3, 0.4) is 0 Å². The molecule has 4 aromatic carbocycles. The average molecular weight is 579 g/mol. The van der Waals surface area contributed by atoms with E-state index in [9.17, 15) is 22.9 Å². The predicted octanol–water partition coefficient (Wildman–Crippen LogP) is 6.08. The van der Waals surface area contributed by atoms with Gasteiger partial charge in [-0.1, -0.05) is 54.6 Å². The molecule has 0 spiro atoms. The summed E-state index contributed by atoms with van der Waals surface area (Å²) in [5.41, 5.74) is 8.75. The summed E-state index contributed by atoms with van der Waals surface area (Å²) in [6, 6.07) is 32.0. The Balaban J connectivity index is 1.69. The SMILES string of the molecule is COc1ccc(-c2cc(-c3ccc(C(=O)O)cc3)[n+](Cc3ccccc3)c3c2CCc2ccccc2-3)cc1S(=O)(=O)O. The molecule has 0 unspecified atom stereocenters. The number of hydrogen-bond acceptors (Lipinski definition) is 4. The molecule has 1 aliphatic carbocycles. The van der Waals surface area contributed by atoms with Crippen molar-refractivity contribution in [3.8, 4) is 39.4 Å². The molecule has 6 rings (SSSR count). The Morgan fingerprint density at radius 2 is 1.52 bits per heavy atom. The van der Waals surface area contributed by atoms with Gasteiger partial charge in [-0.25, -0.2) is 4.79 Å². The predicted molar refractivity (Wildman–Crippen MR) is 159 cm³/mol. The summed E-state index contributed by atoms with van der Waals surface area (Å²) in [7, 11) is -3.20. The van der Waals surface area contributed by atoms with Gasteiger partial charge in [0, 0.05) is 28.3 Å². The largest absolute Gasteiger partial charge is 0.495 e. The molecule has 0 aliphatic heterocycles. The second-order valence-electron chi connectivity index (χ2n) is 10.2. The van der Waals surface area contributed by atoms with E-state index in [1.165, 1.54) is 18.7 Å². The Bertz CT molecular complexity index is 1930. The first kappa shape index (κ1) is 27.4. The number of aromatic nitrogens is 1. The lowest BCUT2D eigenvalue weighted by Gasteiger charge is -2.23. The monoisotopic (exact) mass is 578 g/mol. The van der Waals surface area contributed by atoms with E-state index in [2.05, 4.69) is 28.8 Å². The van der Waals surface area contributed by atoms with Gasteiger partial charge in [-0.05, 0) is 72.0 Å². The number of benzene rings is 4. The normalized spacial score (nSPS) is 12.3. The minimum atomic E-state index is -4.56. The highest BCUT2D eigenvalue weighted by atomic mass is 32.2. The van der Waals surface area contributed by atoms with Gasteiger partial charge in [0.1, 0.15) is 10.6 Å². The van der Waals surface area contributed by atoms with Gasteiger partial charge < -0.3 is 9.84 Å². The quantitative estimate of drug-likeness (QED) is 0.179. The second kappa shape index (κ2) is 10.9. The number of methoxy groups -OCH3 is 1. The van der Waals surface area contributed by atoms with Crippen molar-refractivity contribution in [2.24, 2.45) is 0 Å². The van der Waals surface area contributed by atoms with Crippen LogP contribution in [0.2, 0.25) is 0 Å². The zero-order valence-electron chi connectivity index (χ0n) is 22.8. The van der Waals surface area contributed by atoms with Gasteiger partial charge in [-0.15, -0.1) is 0 Å². The number of aryl methyl sites for hydroxylation is 1. The van der Waals surface area contributed by atoms with Crippen LogP contribution in [0.15, 0.2) is 108 Å². The number of carboxylic acid groups (broad SMARTS) is 1. The third-order valence-corrected chi connectivity index (χ3v) is 8.61. The molecule has 0 fully saturated rings. The smallest absolute Gasteiger partial charge is 0.335 e. The van der Waals surface area contributed by atoms with Crippen molar-refractivity contribution in [1.29, 1.82) is 0 Å². The zero-order valence-corrected chi connectivity index (χ0v) is 23.6. The molecule has 210 valence electrons. The van der Waals surface area contributed by atoms with Crippen LogP contribution in [0.4, 0.5) is 0 Å². The number of hydrogen-bond donors (Lipinski definition) is 2. The summed E-state index contributed by atoms with van der Waals surface area (Å²) in [5.74, 6) is -0.949. The van der Waals surface area contributed by atoms with Crippen molar-refractivity contribution in [2.45, 2.75) is 24.3 Å². The van der Waals surface area contributed by atoms with Crippen molar-refractivity contribution in [1.82, 2.24) is 0 Å². The highest BCUT2D eigenvalue weighted by Gasteiger charge is 2.32. The Morgan fingerprint density at radius 1 is 0.833 bits per heavy atom. The van der Waals surface area contributed by atoms with Gasteiger partial charge in [-0.3, -0.25) is 4.55 Å². The van der Waals surface area contributed by atoms with E-state index in [1.807, 2.05) is 36.4 Å². The van der Waals surface area contributed by atoms with E-state index in [0.29, 0.717) is 12.1 Å². The summed E-state index contributed by atoms with van der Waals surface area (Å²) in [4.78, 5) is 11.3. The number of aromatic carboxylic acids is 1. The van der Waals surface area contributed by atoms with Crippen LogP contribution in [-0.4, -0.2) is 31.2 Å². The Labute approximate surface area is 244 Å². The second-order valence-corrected chi connectivity index (χ2v) is 11.6. The number of ether oxygens (including phenoxy) is 1. The third-order valence-electron chi connectivity index (χ3n) is 7.73. The first-order valence-electron chi connectivity index (χ1n) is 13.5. The van der Waals surface area contributed by atoms with Crippen molar-refractivity contribution in [3.05, 3.63) is 125 Å². The van der Waals surface area contributed by atoms with Crippen LogP contribution < -0.4 is 9.30 Å².